The number of fused-ring (bicyclic) bond motifs is 2. The van der Waals surface area contributed by atoms with E-state index in [9.17, 15) is 4.79 Å². The van der Waals surface area contributed by atoms with Crippen molar-refractivity contribution >= 4 is 30.0 Å². The number of piperidine rings is 1. The number of esters is 1. The van der Waals surface area contributed by atoms with E-state index in [0.717, 1.165) is 29.7 Å². The number of carbonyl (C=O) groups is 1. The highest BCUT2D eigenvalue weighted by Crippen LogP contribution is 2.36. The minimum absolute atomic E-state index is 0. The Bertz CT molecular complexity index is 853. The van der Waals surface area contributed by atoms with Gasteiger partial charge in [0.15, 0.2) is 0 Å². The lowest BCUT2D eigenvalue weighted by Gasteiger charge is -2.35. The van der Waals surface area contributed by atoms with E-state index < -0.39 is 0 Å². The first-order chi connectivity index (χ1) is 13.6. The third kappa shape index (κ3) is 4.82. The summed E-state index contributed by atoms with van der Waals surface area (Å²) >= 11 is 0. The van der Waals surface area contributed by atoms with Gasteiger partial charge < -0.3 is 14.4 Å². The molecular formula is C24H28ClNO3. The molecule has 2 bridgehead atoms. The van der Waals surface area contributed by atoms with Crippen LogP contribution in [-0.4, -0.2) is 43.2 Å². The second kappa shape index (κ2) is 9.47. The minimum Gasteiger partial charge on any atom is -0.497 e. The number of hydrogen-bond acceptors (Lipinski definition) is 4. The molecule has 0 aliphatic carbocycles. The molecule has 0 aromatic heterocycles. The van der Waals surface area contributed by atoms with Gasteiger partial charge in [-0.3, -0.25) is 0 Å². The maximum Gasteiger partial charge on any atom is 0.339 e. The number of methoxy groups -OCH3 is 1. The highest BCUT2D eigenvalue weighted by Gasteiger charge is 2.40. The van der Waals surface area contributed by atoms with Crippen LogP contribution in [-0.2, 0) is 9.53 Å². The Hall–Kier alpha value is -2.30. The Labute approximate surface area is 178 Å². The van der Waals surface area contributed by atoms with Crippen molar-refractivity contribution in [3.63, 3.8) is 0 Å². The zero-order valence-corrected chi connectivity index (χ0v) is 17.7. The Morgan fingerprint density at radius 1 is 1.03 bits per heavy atom. The van der Waals surface area contributed by atoms with Crippen molar-refractivity contribution in [1.29, 1.82) is 0 Å². The number of hydrogen-bond donors (Lipinski definition) is 0. The summed E-state index contributed by atoms with van der Waals surface area (Å²) in [5, 5.41) is 0. The molecule has 2 fully saturated rings. The summed E-state index contributed by atoms with van der Waals surface area (Å²) in [6, 6.07) is 18.5. The van der Waals surface area contributed by atoms with Crippen LogP contribution < -0.4 is 4.74 Å². The average Bonchev–Trinajstić information content (AvgIpc) is 2.93. The predicted molar refractivity (Wildman–Crippen MR) is 118 cm³/mol. The number of rotatable bonds is 5. The maximum absolute atomic E-state index is 13.2. The van der Waals surface area contributed by atoms with Crippen LogP contribution in [0.1, 0.15) is 36.8 Å². The lowest BCUT2D eigenvalue weighted by Crippen LogP contribution is -2.43. The Kier molecular flexibility index (Phi) is 6.99. The van der Waals surface area contributed by atoms with Crippen molar-refractivity contribution in [1.82, 2.24) is 4.90 Å². The molecule has 154 valence electrons. The Balaban J connectivity index is 0.00000240. The van der Waals surface area contributed by atoms with Crippen molar-refractivity contribution in [3.05, 3.63) is 65.7 Å². The van der Waals surface area contributed by atoms with Gasteiger partial charge in [-0.2, -0.15) is 0 Å². The molecule has 2 aromatic carbocycles. The molecule has 2 saturated heterocycles. The number of ether oxygens (including phenoxy) is 2. The van der Waals surface area contributed by atoms with Gasteiger partial charge in [0.25, 0.3) is 0 Å². The first kappa shape index (κ1) is 21.4. The SMILES string of the molecule is COc1cccc(/C(=C\c2ccccc2)C(=O)OC2C[C@H]3CC[C@@H](C2)N3C)c1.Cl. The summed E-state index contributed by atoms with van der Waals surface area (Å²) in [6.07, 6.45) is 6.16. The van der Waals surface area contributed by atoms with Crippen LogP contribution in [0.25, 0.3) is 11.6 Å². The zero-order valence-electron chi connectivity index (χ0n) is 16.9. The van der Waals surface area contributed by atoms with Gasteiger partial charge in [-0.15, -0.1) is 12.4 Å². The molecule has 29 heavy (non-hydrogen) atoms. The summed E-state index contributed by atoms with van der Waals surface area (Å²) < 4.78 is 11.4. The molecule has 0 N–H and O–H groups in total. The van der Waals surface area contributed by atoms with E-state index in [2.05, 4.69) is 11.9 Å². The highest BCUT2D eigenvalue weighted by atomic mass is 35.5. The molecule has 4 rings (SSSR count). The van der Waals surface area contributed by atoms with E-state index >= 15 is 0 Å². The number of halogens is 1. The fourth-order valence-electron chi connectivity index (χ4n) is 4.44. The van der Waals surface area contributed by atoms with Gasteiger partial charge >= 0.3 is 5.97 Å². The third-order valence-corrected chi connectivity index (χ3v) is 6.04. The lowest BCUT2D eigenvalue weighted by molar-refractivity contribution is -0.144. The number of benzene rings is 2. The van der Waals surface area contributed by atoms with E-state index in [0.29, 0.717) is 17.7 Å². The zero-order chi connectivity index (χ0) is 19.5. The second-order valence-electron chi connectivity index (χ2n) is 7.75. The van der Waals surface area contributed by atoms with Crippen molar-refractivity contribution in [2.75, 3.05) is 14.2 Å². The van der Waals surface area contributed by atoms with Gasteiger partial charge in [-0.05, 0) is 49.2 Å². The second-order valence-corrected chi connectivity index (χ2v) is 7.75. The van der Waals surface area contributed by atoms with Gasteiger partial charge in [-0.1, -0.05) is 42.5 Å². The first-order valence-electron chi connectivity index (χ1n) is 9.98. The summed E-state index contributed by atoms with van der Waals surface area (Å²) in [5.74, 6) is 0.465. The van der Waals surface area contributed by atoms with Crippen LogP contribution in [0.2, 0.25) is 0 Å². The van der Waals surface area contributed by atoms with Crippen LogP contribution in [0.15, 0.2) is 54.6 Å². The molecule has 0 saturated carbocycles. The molecule has 1 unspecified atom stereocenters. The molecule has 2 aliphatic heterocycles. The molecule has 5 heteroatoms. The standard InChI is InChI=1S/C24H27NO3.ClH/c1-25-19-11-12-20(25)16-22(15-19)28-24(26)23(13-17-7-4-3-5-8-17)18-9-6-10-21(14-18)27-2;/h3-10,13-14,19-20,22H,11-12,15-16H2,1-2H3;1H/b23-13+;/t19-,20+,22?;. The average molecular weight is 414 g/mol. The Morgan fingerprint density at radius 2 is 1.72 bits per heavy atom. The van der Waals surface area contributed by atoms with Gasteiger partial charge in [0.1, 0.15) is 11.9 Å². The van der Waals surface area contributed by atoms with Crippen molar-refractivity contribution < 1.29 is 14.3 Å². The maximum atomic E-state index is 13.2. The fourth-order valence-corrected chi connectivity index (χ4v) is 4.44. The molecule has 0 amide bonds. The van der Waals surface area contributed by atoms with Gasteiger partial charge in [-0.25, -0.2) is 4.79 Å². The summed E-state index contributed by atoms with van der Waals surface area (Å²) in [5.41, 5.74) is 2.35. The minimum atomic E-state index is -0.258. The van der Waals surface area contributed by atoms with Crippen LogP contribution in [0.5, 0.6) is 5.75 Å². The molecule has 2 heterocycles. The largest absolute Gasteiger partial charge is 0.497 e. The normalized spacial score (nSPS) is 23.9. The van der Waals surface area contributed by atoms with E-state index in [1.165, 1.54) is 12.8 Å². The van der Waals surface area contributed by atoms with E-state index in [-0.39, 0.29) is 24.5 Å². The van der Waals surface area contributed by atoms with Crippen molar-refractivity contribution in [2.45, 2.75) is 43.9 Å². The van der Waals surface area contributed by atoms with Crippen LogP contribution in [0.3, 0.4) is 0 Å². The van der Waals surface area contributed by atoms with Crippen molar-refractivity contribution in [2.24, 2.45) is 0 Å². The molecule has 2 aliphatic rings. The van der Waals surface area contributed by atoms with Gasteiger partial charge in [0.2, 0.25) is 0 Å². The molecule has 0 radical (unpaired) electrons. The van der Waals surface area contributed by atoms with Crippen molar-refractivity contribution in [3.8, 4) is 5.75 Å². The van der Waals surface area contributed by atoms with E-state index in [1.54, 1.807) is 7.11 Å². The highest BCUT2D eigenvalue weighted by molar-refractivity contribution is 6.21. The quantitative estimate of drug-likeness (QED) is 0.400. The van der Waals surface area contributed by atoms with Gasteiger partial charge in [0, 0.05) is 24.9 Å². The number of nitrogens with zero attached hydrogens (tertiary/aromatic N) is 1. The van der Waals surface area contributed by atoms with Crippen LogP contribution in [0.4, 0.5) is 0 Å². The molecule has 4 nitrogen and oxygen atoms in total. The molecule has 0 spiro atoms. The number of carbonyl (C=O) groups excluding carboxylic acids is 1. The lowest BCUT2D eigenvalue weighted by atomic mass is 9.99. The van der Waals surface area contributed by atoms with Gasteiger partial charge in [0.05, 0.1) is 12.7 Å². The van der Waals surface area contributed by atoms with E-state index in [4.69, 9.17) is 9.47 Å². The summed E-state index contributed by atoms with van der Waals surface area (Å²) in [6.45, 7) is 0. The topological polar surface area (TPSA) is 38.8 Å². The summed E-state index contributed by atoms with van der Waals surface area (Å²) in [4.78, 5) is 15.6. The predicted octanol–water partition coefficient (Wildman–Crippen LogP) is 4.83. The Morgan fingerprint density at radius 3 is 2.38 bits per heavy atom. The fraction of sp³-hybridized carbons (Fsp3) is 0.375. The monoisotopic (exact) mass is 413 g/mol. The molecule has 2 aromatic rings. The van der Waals surface area contributed by atoms with Crippen LogP contribution >= 0.6 is 12.4 Å². The first-order valence-corrected chi connectivity index (χ1v) is 9.98. The molecule has 3 atom stereocenters. The smallest absolute Gasteiger partial charge is 0.339 e. The molecular weight excluding hydrogens is 386 g/mol. The van der Waals surface area contributed by atoms with Crippen LogP contribution in [0, 0.1) is 0 Å². The third-order valence-electron chi connectivity index (χ3n) is 6.04. The summed E-state index contributed by atoms with van der Waals surface area (Å²) in [7, 11) is 3.82. The van der Waals surface area contributed by atoms with E-state index in [1.807, 2.05) is 60.7 Å².